The van der Waals surface area contributed by atoms with E-state index in [-0.39, 0.29) is 0 Å². The molecule has 0 radical (unpaired) electrons. The summed E-state index contributed by atoms with van der Waals surface area (Å²) in [7, 11) is 0. The Morgan fingerprint density at radius 2 is 2.06 bits per heavy atom. The lowest BCUT2D eigenvalue weighted by molar-refractivity contribution is -0.143. The van der Waals surface area contributed by atoms with E-state index in [2.05, 4.69) is 0 Å². The summed E-state index contributed by atoms with van der Waals surface area (Å²) in [6, 6.07) is 7.80. The fourth-order valence-electron chi connectivity index (χ4n) is 1.91. The average molecular weight is 235 g/mol. The van der Waals surface area contributed by atoms with Crippen LogP contribution in [0.5, 0.6) is 0 Å². The molecule has 0 aromatic heterocycles. The van der Waals surface area contributed by atoms with Crippen LogP contribution in [0.15, 0.2) is 24.3 Å². The molecule has 0 spiro atoms. The lowest BCUT2D eigenvalue weighted by Gasteiger charge is -2.25. The number of carboxylic acid groups (broad SMARTS) is 1. The van der Waals surface area contributed by atoms with E-state index in [0.29, 0.717) is 12.8 Å². The molecule has 0 aliphatic carbocycles. The maximum Gasteiger partial charge on any atom is 0.324 e. The monoisotopic (exact) mass is 235 g/mol. The first-order valence-electron chi connectivity index (χ1n) is 6.06. The van der Waals surface area contributed by atoms with Crippen molar-refractivity contribution in [3.05, 3.63) is 35.4 Å². The molecular weight excluding hydrogens is 214 g/mol. The van der Waals surface area contributed by atoms with E-state index in [1.54, 1.807) is 0 Å². The topological polar surface area (TPSA) is 63.3 Å². The van der Waals surface area contributed by atoms with Crippen molar-refractivity contribution in [2.24, 2.45) is 5.73 Å². The van der Waals surface area contributed by atoms with Gasteiger partial charge in [-0.05, 0) is 24.5 Å². The second kappa shape index (κ2) is 5.82. The number of hydrogen-bond donors (Lipinski definition) is 2. The molecule has 3 nitrogen and oxygen atoms in total. The molecule has 0 aliphatic rings. The Labute approximate surface area is 103 Å². The zero-order valence-electron chi connectivity index (χ0n) is 10.6. The van der Waals surface area contributed by atoms with E-state index in [9.17, 15) is 9.90 Å². The molecule has 0 fully saturated rings. The van der Waals surface area contributed by atoms with Crippen LogP contribution in [0.25, 0.3) is 0 Å². The van der Waals surface area contributed by atoms with Crippen LogP contribution in [-0.2, 0) is 11.2 Å². The quantitative estimate of drug-likeness (QED) is 0.796. The van der Waals surface area contributed by atoms with Crippen molar-refractivity contribution in [2.75, 3.05) is 0 Å². The summed E-state index contributed by atoms with van der Waals surface area (Å²) < 4.78 is 0. The number of carbonyl (C=O) groups is 1. The van der Waals surface area contributed by atoms with Crippen molar-refractivity contribution >= 4 is 5.97 Å². The molecule has 0 heterocycles. The molecule has 1 unspecified atom stereocenters. The number of benzene rings is 1. The van der Waals surface area contributed by atoms with Crippen molar-refractivity contribution in [1.82, 2.24) is 0 Å². The fourth-order valence-corrected chi connectivity index (χ4v) is 1.91. The number of nitrogens with two attached hydrogens (primary N) is 1. The van der Waals surface area contributed by atoms with E-state index < -0.39 is 11.5 Å². The second-order valence-corrected chi connectivity index (χ2v) is 4.67. The molecule has 1 aromatic rings. The zero-order chi connectivity index (χ0) is 12.9. The van der Waals surface area contributed by atoms with Crippen LogP contribution in [0.1, 0.15) is 37.3 Å². The predicted octanol–water partition coefficient (Wildman–Crippen LogP) is 2.51. The highest BCUT2D eigenvalue weighted by Crippen LogP contribution is 2.20. The van der Waals surface area contributed by atoms with Crippen molar-refractivity contribution in [3.8, 4) is 0 Å². The number of carboxylic acids is 1. The standard InChI is InChI=1S/C14H21NO2/c1-3-4-9-14(15,13(16)17)10-12-8-6-5-7-11(12)2/h5-8H,3-4,9-10,15H2,1-2H3,(H,16,17). The van der Waals surface area contributed by atoms with Gasteiger partial charge in [-0.25, -0.2) is 0 Å². The summed E-state index contributed by atoms with van der Waals surface area (Å²) in [6.07, 6.45) is 2.72. The Balaban J connectivity index is 2.87. The summed E-state index contributed by atoms with van der Waals surface area (Å²) in [5, 5.41) is 9.29. The highest BCUT2D eigenvalue weighted by atomic mass is 16.4. The molecule has 1 aromatic carbocycles. The summed E-state index contributed by atoms with van der Waals surface area (Å²) >= 11 is 0. The third kappa shape index (κ3) is 3.56. The van der Waals surface area contributed by atoms with E-state index >= 15 is 0 Å². The van der Waals surface area contributed by atoms with Gasteiger partial charge in [0.2, 0.25) is 0 Å². The van der Waals surface area contributed by atoms with Gasteiger partial charge in [-0.1, -0.05) is 44.0 Å². The van der Waals surface area contributed by atoms with Crippen molar-refractivity contribution in [3.63, 3.8) is 0 Å². The van der Waals surface area contributed by atoms with Crippen LogP contribution in [0.2, 0.25) is 0 Å². The van der Waals surface area contributed by atoms with Crippen LogP contribution in [0.3, 0.4) is 0 Å². The number of aliphatic carboxylic acids is 1. The summed E-state index contributed by atoms with van der Waals surface area (Å²) in [5.74, 6) is -0.908. The van der Waals surface area contributed by atoms with Crippen LogP contribution in [0, 0.1) is 6.92 Å². The summed E-state index contributed by atoms with van der Waals surface area (Å²) in [6.45, 7) is 4.02. The molecule has 0 saturated carbocycles. The largest absolute Gasteiger partial charge is 0.480 e. The first kappa shape index (κ1) is 13.7. The minimum atomic E-state index is -1.14. The molecule has 17 heavy (non-hydrogen) atoms. The van der Waals surface area contributed by atoms with E-state index in [0.717, 1.165) is 24.0 Å². The molecule has 0 saturated heterocycles. The first-order chi connectivity index (χ1) is 7.99. The van der Waals surface area contributed by atoms with Gasteiger partial charge in [-0.15, -0.1) is 0 Å². The molecule has 94 valence electrons. The molecule has 0 bridgehead atoms. The number of rotatable bonds is 6. The number of hydrogen-bond acceptors (Lipinski definition) is 2. The minimum Gasteiger partial charge on any atom is -0.480 e. The first-order valence-corrected chi connectivity index (χ1v) is 6.06. The van der Waals surface area contributed by atoms with Crippen molar-refractivity contribution < 1.29 is 9.90 Å². The van der Waals surface area contributed by atoms with Gasteiger partial charge in [0, 0.05) is 6.42 Å². The second-order valence-electron chi connectivity index (χ2n) is 4.67. The van der Waals surface area contributed by atoms with Gasteiger partial charge in [0.25, 0.3) is 0 Å². The van der Waals surface area contributed by atoms with Gasteiger partial charge in [-0.3, -0.25) is 4.79 Å². The van der Waals surface area contributed by atoms with Crippen LogP contribution >= 0.6 is 0 Å². The third-order valence-corrected chi connectivity index (χ3v) is 3.17. The highest BCUT2D eigenvalue weighted by Gasteiger charge is 2.33. The maximum absolute atomic E-state index is 11.3. The van der Waals surface area contributed by atoms with E-state index in [1.807, 2.05) is 38.1 Å². The van der Waals surface area contributed by atoms with Gasteiger partial charge in [0.05, 0.1) is 0 Å². The third-order valence-electron chi connectivity index (χ3n) is 3.17. The van der Waals surface area contributed by atoms with Gasteiger partial charge in [0.15, 0.2) is 0 Å². The van der Waals surface area contributed by atoms with Crippen LogP contribution in [-0.4, -0.2) is 16.6 Å². The Kier molecular flexibility index (Phi) is 4.70. The highest BCUT2D eigenvalue weighted by molar-refractivity contribution is 5.79. The van der Waals surface area contributed by atoms with E-state index in [4.69, 9.17) is 5.73 Å². The molecule has 1 rings (SSSR count). The Hall–Kier alpha value is -1.35. The molecule has 1 atom stereocenters. The summed E-state index contributed by atoms with van der Waals surface area (Å²) in [5.41, 5.74) is 7.01. The van der Waals surface area contributed by atoms with Crippen molar-refractivity contribution in [1.29, 1.82) is 0 Å². The predicted molar refractivity (Wildman–Crippen MR) is 69.0 cm³/mol. The maximum atomic E-state index is 11.3. The van der Waals surface area contributed by atoms with Gasteiger partial charge < -0.3 is 10.8 Å². The lowest BCUT2D eigenvalue weighted by Crippen LogP contribution is -2.50. The van der Waals surface area contributed by atoms with Crippen molar-refractivity contribution in [2.45, 2.75) is 45.1 Å². The smallest absolute Gasteiger partial charge is 0.324 e. The normalized spacial score (nSPS) is 14.3. The SMILES string of the molecule is CCCCC(N)(Cc1ccccc1C)C(=O)O. The fraction of sp³-hybridized carbons (Fsp3) is 0.500. The average Bonchev–Trinajstić information content (AvgIpc) is 2.29. The lowest BCUT2D eigenvalue weighted by atomic mass is 9.85. The van der Waals surface area contributed by atoms with Crippen LogP contribution in [0.4, 0.5) is 0 Å². The van der Waals surface area contributed by atoms with Gasteiger partial charge in [0.1, 0.15) is 5.54 Å². The Bertz CT molecular complexity index is 390. The molecule has 3 N–H and O–H groups in total. The molecule has 0 aliphatic heterocycles. The molecule has 0 amide bonds. The Morgan fingerprint density at radius 1 is 1.41 bits per heavy atom. The van der Waals surface area contributed by atoms with E-state index in [1.165, 1.54) is 0 Å². The number of unbranched alkanes of at least 4 members (excludes halogenated alkanes) is 1. The summed E-state index contributed by atoms with van der Waals surface area (Å²) in [4.78, 5) is 11.3. The molecule has 3 heteroatoms. The van der Waals surface area contributed by atoms with Gasteiger partial charge >= 0.3 is 5.97 Å². The number of aryl methyl sites for hydroxylation is 1. The van der Waals surface area contributed by atoms with Crippen LogP contribution < -0.4 is 5.73 Å². The Morgan fingerprint density at radius 3 is 2.59 bits per heavy atom. The van der Waals surface area contributed by atoms with Gasteiger partial charge in [-0.2, -0.15) is 0 Å². The zero-order valence-corrected chi connectivity index (χ0v) is 10.6. The minimum absolute atomic E-state index is 0.398. The molecular formula is C14H21NO2.